The Labute approximate surface area is 214 Å². The molecule has 0 radical (unpaired) electrons. The van der Waals surface area contributed by atoms with Crippen LogP contribution >= 0.6 is 0 Å². The summed E-state index contributed by atoms with van der Waals surface area (Å²) in [6.45, 7) is 14.6. The van der Waals surface area contributed by atoms with Crippen molar-refractivity contribution in [3.05, 3.63) is 36.1 Å². The Morgan fingerprint density at radius 1 is 1.28 bits per heavy atom. The largest absolute Gasteiger partial charge is 0.465 e. The molecule has 3 rings (SSSR count). The minimum atomic E-state index is -0.345. The number of allylic oxidation sites excluding steroid dienone is 2. The van der Waals surface area contributed by atoms with Crippen molar-refractivity contribution in [2.75, 3.05) is 50.1 Å². The van der Waals surface area contributed by atoms with Gasteiger partial charge in [0.2, 0.25) is 0 Å². The van der Waals surface area contributed by atoms with Crippen molar-refractivity contribution >= 4 is 29.5 Å². The van der Waals surface area contributed by atoms with Gasteiger partial charge >= 0.3 is 5.97 Å². The molecule has 1 saturated heterocycles. The SMILES string of the molecule is C=C/C=C(\C=NC)CNc1cc(N2CCCCC2)nc2c(CC)n(F)n12.CCC.CCOC(=O)CN. The van der Waals surface area contributed by atoms with Crippen LogP contribution in [0.3, 0.4) is 0 Å². The van der Waals surface area contributed by atoms with Crippen LogP contribution in [0.5, 0.6) is 0 Å². The molecule has 0 unspecified atom stereocenters. The molecule has 1 aliphatic rings. The zero-order valence-corrected chi connectivity index (χ0v) is 22.6. The summed E-state index contributed by atoms with van der Waals surface area (Å²) in [5, 5.41) is 3.32. The molecule has 0 atom stereocenters. The van der Waals surface area contributed by atoms with Gasteiger partial charge in [-0.1, -0.05) is 50.4 Å². The molecule has 2 aromatic heterocycles. The van der Waals surface area contributed by atoms with E-state index >= 15 is 0 Å². The number of ether oxygens (including phenoxy) is 1. The molecule has 9 nitrogen and oxygen atoms in total. The average Bonchev–Trinajstić information content (AvgIpc) is 2.88. The lowest BCUT2D eigenvalue weighted by atomic mass is 10.1. The van der Waals surface area contributed by atoms with Gasteiger partial charge in [0, 0.05) is 39.0 Å². The second kappa shape index (κ2) is 17.3. The van der Waals surface area contributed by atoms with Gasteiger partial charge in [-0.3, -0.25) is 9.79 Å². The van der Waals surface area contributed by atoms with Crippen molar-refractivity contribution < 1.29 is 14.0 Å². The molecule has 2 aromatic rings. The lowest BCUT2D eigenvalue weighted by Crippen LogP contribution is -2.31. The highest BCUT2D eigenvalue weighted by Crippen LogP contribution is 2.27. The van der Waals surface area contributed by atoms with E-state index < -0.39 is 0 Å². The molecule has 10 heteroatoms. The van der Waals surface area contributed by atoms with E-state index in [4.69, 9.17) is 10.7 Å². The number of carbonyl (C=O) groups is 1. The normalized spacial score (nSPS) is 13.6. The average molecular weight is 506 g/mol. The number of nitrogens with two attached hydrogens (primary N) is 1. The molecule has 0 amide bonds. The molecule has 3 N–H and O–H groups in total. The van der Waals surface area contributed by atoms with Gasteiger partial charge in [-0.2, -0.15) is 4.52 Å². The summed E-state index contributed by atoms with van der Waals surface area (Å²) < 4.78 is 20.4. The summed E-state index contributed by atoms with van der Waals surface area (Å²) in [7, 11) is 1.73. The van der Waals surface area contributed by atoms with Gasteiger partial charge in [0.05, 0.1) is 13.2 Å². The number of nitrogens with one attached hydrogen (secondary N) is 1. The second-order valence-corrected chi connectivity index (χ2v) is 8.18. The van der Waals surface area contributed by atoms with Crippen LogP contribution in [0, 0.1) is 0 Å². The number of hydrogen-bond donors (Lipinski definition) is 2. The van der Waals surface area contributed by atoms with E-state index in [2.05, 4.69) is 40.4 Å². The maximum Gasteiger partial charge on any atom is 0.319 e. The Morgan fingerprint density at radius 3 is 2.44 bits per heavy atom. The van der Waals surface area contributed by atoms with Gasteiger partial charge in [0.15, 0.2) is 5.65 Å². The molecule has 0 spiro atoms. The van der Waals surface area contributed by atoms with Crippen LogP contribution in [-0.4, -0.2) is 66.4 Å². The fourth-order valence-corrected chi connectivity index (χ4v) is 3.59. The van der Waals surface area contributed by atoms with Crippen molar-refractivity contribution in [2.45, 2.75) is 59.8 Å². The number of aromatic nitrogens is 3. The topological polar surface area (TPSA) is 102 Å². The first-order chi connectivity index (χ1) is 17.4. The highest BCUT2D eigenvalue weighted by Gasteiger charge is 2.22. The quantitative estimate of drug-likeness (QED) is 0.294. The van der Waals surface area contributed by atoms with E-state index in [1.54, 1.807) is 26.3 Å². The summed E-state index contributed by atoms with van der Waals surface area (Å²) in [6.07, 6.45) is 10.9. The smallest absolute Gasteiger partial charge is 0.319 e. The number of piperidine rings is 1. The molecule has 0 bridgehead atoms. The van der Waals surface area contributed by atoms with Crippen LogP contribution in [0.25, 0.3) is 5.65 Å². The number of halogens is 1. The van der Waals surface area contributed by atoms with E-state index in [0.29, 0.717) is 41.6 Å². The molecule has 1 aliphatic heterocycles. The van der Waals surface area contributed by atoms with E-state index in [9.17, 15) is 9.28 Å². The lowest BCUT2D eigenvalue weighted by molar-refractivity contribution is -0.141. The standard InChI is InChI=1S/C19H27FN6.C4H9NO2.C3H8/c1-4-9-15(13-21-3)14-22-17-12-18(24-10-7-6-8-11-24)23-19-16(5-2)26(20)25(17)19;1-2-7-4(6)3-5;1-3-2/h4,9,12-13,22H,1,5-8,10-11,14H2,2-3H3;2-3,5H2,1H3;3H2,1-2H3/b15-9+,21-13?;;. The van der Waals surface area contributed by atoms with Crippen LogP contribution in [0.2, 0.25) is 0 Å². The monoisotopic (exact) mass is 505 g/mol. The van der Waals surface area contributed by atoms with Crippen LogP contribution < -0.4 is 16.0 Å². The first kappa shape index (κ1) is 30.9. The number of aryl methyl sites for hydroxylation is 1. The summed E-state index contributed by atoms with van der Waals surface area (Å²) in [6, 6.07) is 1.93. The molecule has 3 heterocycles. The molecule has 0 aliphatic carbocycles. The van der Waals surface area contributed by atoms with Crippen LogP contribution in [-0.2, 0) is 16.0 Å². The number of carbonyl (C=O) groups excluding carboxylic acids is 1. The Balaban J connectivity index is 0.000000552. The maximum absolute atomic E-state index is 14.4. The second-order valence-electron chi connectivity index (χ2n) is 8.18. The van der Waals surface area contributed by atoms with Crippen molar-refractivity contribution in [2.24, 2.45) is 10.7 Å². The van der Waals surface area contributed by atoms with Gasteiger partial charge in [-0.25, -0.2) is 4.98 Å². The zero-order valence-electron chi connectivity index (χ0n) is 22.6. The van der Waals surface area contributed by atoms with Crippen molar-refractivity contribution in [3.63, 3.8) is 0 Å². The third-order valence-corrected chi connectivity index (χ3v) is 5.16. The summed E-state index contributed by atoms with van der Waals surface area (Å²) in [4.78, 5) is 21.8. The van der Waals surface area contributed by atoms with Crippen molar-refractivity contribution in [1.82, 2.24) is 14.4 Å². The summed E-state index contributed by atoms with van der Waals surface area (Å²) >= 11 is 0. The third kappa shape index (κ3) is 9.14. The highest BCUT2D eigenvalue weighted by molar-refractivity contribution is 5.80. The van der Waals surface area contributed by atoms with Gasteiger partial charge in [-0.15, -0.1) is 4.90 Å². The van der Waals surface area contributed by atoms with Gasteiger partial charge in [0.25, 0.3) is 0 Å². The van der Waals surface area contributed by atoms with E-state index in [1.807, 2.05) is 19.1 Å². The van der Waals surface area contributed by atoms with Crippen LogP contribution in [0.15, 0.2) is 35.4 Å². The molecular formula is C26H44FN7O2. The lowest BCUT2D eigenvalue weighted by Gasteiger charge is -2.30. The van der Waals surface area contributed by atoms with Gasteiger partial charge in [-0.05, 0) is 38.2 Å². The molecule has 202 valence electrons. The first-order valence-electron chi connectivity index (χ1n) is 12.8. The van der Waals surface area contributed by atoms with Crippen LogP contribution in [0.4, 0.5) is 16.1 Å². The zero-order chi connectivity index (χ0) is 26.9. The predicted octanol–water partition coefficient (Wildman–Crippen LogP) is 4.57. The minimum absolute atomic E-state index is 0.0200. The number of rotatable bonds is 9. The van der Waals surface area contributed by atoms with Gasteiger partial charge < -0.3 is 20.7 Å². The van der Waals surface area contributed by atoms with Crippen LogP contribution in [0.1, 0.15) is 59.1 Å². The van der Waals surface area contributed by atoms with E-state index in [-0.39, 0.29) is 12.5 Å². The van der Waals surface area contributed by atoms with E-state index in [0.717, 1.165) is 24.5 Å². The predicted molar refractivity (Wildman–Crippen MR) is 148 cm³/mol. The Hall–Kier alpha value is -3.14. The molecule has 1 fully saturated rings. The number of aliphatic imine (C=N–C) groups is 1. The number of fused-ring (bicyclic) bond motifs is 1. The van der Waals surface area contributed by atoms with E-state index in [1.165, 1.54) is 30.2 Å². The summed E-state index contributed by atoms with van der Waals surface area (Å²) in [5.41, 5.74) is 7.16. The van der Waals surface area contributed by atoms with Gasteiger partial charge in [0.1, 0.15) is 17.3 Å². The Morgan fingerprint density at radius 2 is 1.94 bits per heavy atom. The fraction of sp³-hybridized carbons (Fsp3) is 0.577. The minimum Gasteiger partial charge on any atom is -0.465 e. The molecule has 0 aromatic carbocycles. The number of esters is 1. The maximum atomic E-state index is 14.4. The third-order valence-electron chi connectivity index (χ3n) is 5.16. The van der Waals surface area contributed by atoms with Crippen molar-refractivity contribution in [3.8, 4) is 0 Å². The molecule has 0 saturated carbocycles. The number of hydrogen-bond acceptors (Lipinski definition) is 7. The Kier molecular flexibility index (Phi) is 14.9. The molecule has 36 heavy (non-hydrogen) atoms. The fourth-order valence-electron chi connectivity index (χ4n) is 3.59. The highest BCUT2D eigenvalue weighted by atomic mass is 19.2. The number of anilines is 2. The number of nitrogens with zero attached hydrogens (tertiary/aromatic N) is 5. The Bertz CT molecular complexity index is 988. The summed E-state index contributed by atoms with van der Waals surface area (Å²) in [5.74, 6) is 1.26. The first-order valence-corrected chi connectivity index (χ1v) is 12.8. The molecular weight excluding hydrogens is 461 g/mol. The van der Waals surface area contributed by atoms with Crippen molar-refractivity contribution in [1.29, 1.82) is 0 Å².